The van der Waals surface area contributed by atoms with Gasteiger partial charge in [-0.15, -0.1) is 0 Å². The van der Waals surface area contributed by atoms with E-state index in [-0.39, 0.29) is 6.54 Å². The first-order valence-electron chi connectivity index (χ1n) is 10.9. The molecular formula is C22H26F4N4O7. The van der Waals surface area contributed by atoms with Crippen molar-refractivity contribution in [2.45, 2.75) is 31.6 Å². The van der Waals surface area contributed by atoms with Crippen molar-refractivity contribution in [1.29, 1.82) is 0 Å². The van der Waals surface area contributed by atoms with Crippen molar-refractivity contribution in [1.82, 2.24) is 15.1 Å². The number of ether oxygens (including phenoxy) is 1. The summed E-state index contributed by atoms with van der Waals surface area (Å²) in [6.45, 7) is 3.71. The van der Waals surface area contributed by atoms with Crippen LogP contribution < -0.4 is 10.6 Å². The van der Waals surface area contributed by atoms with E-state index in [2.05, 4.69) is 10.6 Å². The number of carbonyl (C=O) groups excluding carboxylic acids is 4. The Kier molecular flexibility index (Phi) is 8.85. The number of likely N-dealkylation sites (N-methyl/N-ethyl adjacent to an activating group) is 1. The zero-order valence-corrected chi connectivity index (χ0v) is 20.3. The zero-order chi connectivity index (χ0) is 28.3. The Morgan fingerprint density at radius 1 is 1.19 bits per heavy atom. The van der Waals surface area contributed by atoms with Crippen LogP contribution in [0, 0.1) is 17.7 Å². The van der Waals surface area contributed by atoms with Crippen LogP contribution in [0.2, 0.25) is 0 Å². The molecule has 2 aliphatic heterocycles. The van der Waals surface area contributed by atoms with E-state index in [1.807, 2.05) is 0 Å². The Bertz CT molecular complexity index is 1070. The molecule has 2 saturated heterocycles. The highest BCUT2D eigenvalue weighted by atomic mass is 19.4. The number of rotatable bonds is 5. The number of carboxylic acids is 1. The molecule has 0 aromatic heterocycles. The summed E-state index contributed by atoms with van der Waals surface area (Å²) in [6, 6.07) is 4.27. The van der Waals surface area contributed by atoms with Crippen LogP contribution in [-0.2, 0) is 23.9 Å². The second kappa shape index (κ2) is 11.1. The lowest BCUT2D eigenvalue weighted by atomic mass is 9.81. The van der Waals surface area contributed by atoms with Gasteiger partial charge in [0.2, 0.25) is 11.8 Å². The first-order valence-corrected chi connectivity index (χ1v) is 10.9. The molecule has 0 aliphatic carbocycles. The maximum absolute atomic E-state index is 13.1. The van der Waals surface area contributed by atoms with Crippen molar-refractivity contribution >= 4 is 35.5 Å². The van der Waals surface area contributed by atoms with Gasteiger partial charge in [0.05, 0.1) is 18.9 Å². The molecule has 2 heterocycles. The van der Waals surface area contributed by atoms with Crippen LogP contribution >= 0.6 is 0 Å². The fourth-order valence-electron chi connectivity index (χ4n) is 4.30. The van der Waals surface area contributed by atoms with E-state index in [0.717, 1.165) is 4.90 Å². The predicted octanol–water partition coefficient (Wildman–Crippen LogP) is 1.45. The van der Waals surface area contributed by atoms with Gasteiger partial charge in [-0.25, -0.2) is 14.0 Å². The molecule has 0 bridgehead atoms. The van der Waals surface area contributed by atoms with Gasteiger partial charge in [-0.3, -0.25) is 24.6 Å². The number of halogens is 4. The summed E-state index contributed by atoms with van der Waals surface area (Å²) in [6.07, 6.45) is -5.08. The molecule has 2 aliphatic rings. The van der Waals surface area contributed by atoms with Crippen LogP contribution in [-0.4, -0.2) is 89.7 Å². The molecule has 15 heteroatoms. The number of imide groups is 1. The summed E-state index contributed by atoms with van der Waals surface area (Å²) >= 11 is 0. The van der Waals surface area contributed by atoms with E-state index >= 15 is 0 Å². The van der Waals surface area contributed by atoms with Crippen LogP contribution in [0.5, 0.6) is 0 Å². The number of nitrogens with zero attached hydrogens (tertiary/aromatic N) is 2. The zero-order valence-electron chi connectivity index (χ0n) is 20.3. The lowest BCUT2D eigenvalue weighted by Gasteiger charge is -2.30. The molecular weight excluding hydrogens is 508 g/mol. The number of alkyl halides is 3. The van der Waals surface area contributed by atoms with Crippen LogP contribution in [0.25, 0.3) is 0 Å². The van der Waals surface area contributed by atoms with Crippen LogP contribution in [0.4, 0.5) is 28.0 Å². The van der Waals surface area contributed by atoms with Crippen LogP contribution in [0.1, 0.15) is 13.8 Å². The quantitative estimate of drug-likeness (QED) is 0.292. The standard InChI is InChI=1S/C20H25FN4O5.C2HF3O2/c1-5-25(19(29)22-12-8-6-11(21)7-9-12)10-13-14-15(17(27)24(3)16(14)26)20(2,23-13)18(28)30-4;3-2(4,5)1(6)7/h6-9,13-15,23H,5,10H2,1-4H3,(H,22,29);(H,6,7)/t13-,14+,15-,20-;/m1./s1. The number of fused-ring (bicyclic) bond motifs is 1. The maximum Gasteiger partial charge on any atom is 0.490 e. The van der Waals surface area contributed by atoms with Crippen molar-refractivity contribution in [3.05, 3.63) is 30.1 Å². The van der Waals surface area contributed by atoms with Crippen molar-refractivity contribution in [3.63, 3.8) is 0 Å². The van der Waals surface area contributed by atoms with Crippen molar-refractivity contribution in [2.24, 2.45) is 11.8 Å². The minimum atomic E-state index is -5.08. The van der Waals surface area contributed by atoms with E-state index in [9.17, 15) is 36.7 Å². The summed E-state index contributed by atoms with van der Waals surface area (Å²) in [4.78, 5) is 61.9. The Labute approximate surface area is 208 Å². The molecule has 11 nitrogen and oxygen atoms in total. The fourth-order valence-corrected chi connectivity index (χ4v) is 4.30. The number of hydrogen-bond donors (Lipinski definition) is 3. The monoisotopic (exact) mass is 534 g/mol. The number of aliphatic carboxylic acids is 1. The number of urea groups is 1. The summed E-state index contributed by atoms with van der Waals surface area (Å²) < 4.78 is 49.7. The first kappa shape index (κ1) is 29.5. The van der Waals surface area contributed by atoms with E-state index in [1.165, 1.54) is 50.2 Å². The lowest BCUT2D eigenvalue weighted by molar-refractivity contribution is -0.192. The highest BCUT2D eigenvalue weighted by Crippen LogP contribution is 2.43. The highest BCUT2D eigenvalue weighted by molar-refractivity contribution is 6.09. The molecule has 1 aromatic carbocycles. The Balaban J connectivity index is 0.000000604. The number of benzene rings is 1. The van der Waals surface area contributed by atoms with Gasteiger partial charge in [-0.05, 0) is 38.1 Å². The minimum absolute atomic E-state index is 0.0874. The van der Waals surface area contributed by atoms with Gasteiger partial charge in [0, 0.05) is 31.9 Å². The normalized spacial score (nSPS) is 24.6. The average Bonchev–Trinajstić information content (AvgIpc) is 3.26. The minimum Gasteiger partial charge on any atom is -0.475 e. The number of methoxy groups -OCH3 is 1. The number of amides is 4. The van der Waals surface area contributed by atoms with Gasteiger partial charge in [-0.2, -0.15) is 13.2 Å². The van der Waals surface area contributed by atoms with Gasteiger partial charge >= 0.3 is 24.1 Å². The molecule has 2 fully saturated rings. The topological polar surface area (TPSA) is 145 Å². The largest absolute Gasteiger partial charge is 0.490 e. The number of carbonyl (C=O) groups is 5. The lowest BCUT2D eigenvalue weighted by Crippen LogP contribution is -2.56. The van der Waals surface area contributed by atoms with Gasteiger partial charge in [0.1, 0.15) is 11.4 Å². The molecule has 3 N–H and O–H groups in total. The number of likely N-dealkylation sites (tertiary alicyclic amines) is 1. The predicted molar refractivity (Wildman–Crippen MR) is 118 cm³/mol. The number of hydrogen-bond acceptors (Lipinski definition) is 7. The third-order valence-electron chi connectivity index (χ3n) is 6.15. The van der Waals surface area contributed by atoms with Crippen molar-refractivity contribution in [3.8, 4) is 0 Å². The number of carboxylic acid groups (broad SMARTS) is 1. The smallest absolute Gasteiger partial charge is 0.475 e. The van der Waals surface area contributed by atoms with E-state index in [1.54, 1.807) is 6.92 Å². The second-order valence-corrected chi connectivity index (χ2v) is 8.46. The molecule has 37 heavy (non-hydrogen) atoms. The van der Waals surface area contributed by atoms with Crippen LogP contribution in [0.15, 0.2) is 24.3 Å². The molecule has 3 rings (SSSR count). The molecule has 204 valence electrons. The highest BCUT2D eigenvalue weighted by Gasteiger charge is 2.66. The molecule has 0 saturated carbocycles. The number of esters is 1. The fraction of sp³-hybridized carbons (Fsp3) is 0.500. The van der Waals surface area contributed by atoms with E-state index in [0.29, 0.717) is 12.2 Å². The average molecular weight is 534 g/mol. The van der Waals surface area contributed by atoms with Gasteiger partial charge in [0.15, 0.2) is 0 Å². The third kappa shape index (κ3) is 6.15. The molecule has 0 radical (unpaired) electrons. The van der Waals surface area contributed by atoms with Gasteiger partial charge < -0.3 is 20.1 Å². The molecule has 0 unspecified atom stereocenters. The summed E-state index contributed by atoms with van der Waals surface area (Å²) in [5.41, 5.74) is -0.961. The van der Waals surface area contributed by atoms with E-state index < -0.39 is 65.2 Å². The molecule has 1 aromatic rings. The van der Waals surface area contributed by atoms with Crippen LogP contribution in [0.3, 0.4) is 0 Å². The molecule has 0 spiro atoms. The van der Waals surface area contributed by atoms with Gasteiger partial charge in [0.25, 0.3) is 0 Å². The second-order valence-electron chi connectivity index (χ2n) is 8.46. The SMILES string of the molecule is CCN(C[C@H]1N[C@@](C)(C(=O)OC)[C@H]2C(=O)N(C)C(=O)[C@@H]12)C(=O)Nc1ccc(F)cc1.O=C(O)C(F)(F)F. The summed E-state index contributed by atoms with van der Waals surface area (Å²) in [5, 5.41) is 12.9. The Morgan fingerprint density at radius 2 is 1.73 bits per heavy atom. The van der Waals surface area contributed by atoms with E-state index in [4.69, 9.17) is 14.6 Å². The van der Waals surface area contributed by atoms with Gasteiger partial charge in [-0.1, -0.05) is 0 Å². The van der Waals surface area contributed by atoms with Crippen molar-refractivity contribution < 1.29 is 51.4 Å². The maximum atomic E-state index is 13.1. The number of nitrogens with one attached hydrogen (secondary N) is 2. The first-order chi connectivity index (χ1) is 17.1. The van der Waals surface area contributed by atoms with Crippen molar-refractivity contribution in [2.75, 3.05) is 32.6 Å². The summed E-state index contributed by atoms with van der Waals surface area (Å²) in [7, 11) is 2.60. The Morgan fingerprint density at radius 3 is 2.19 bits per heavy atom. The molecule has 4 atom stereocenters. The third-order valence-corrected chi connectivity index (χ3v) is 6.15. The molecule has 4 amide bonds. The number of anilines is 1. The Hall–Kier alpha value is -3.75. The summed E-state index contributed by atoms with van der Waals surface area (Å²) in [5.74, 6) is -6.37.